The van der Waals surface area contributed by atoms with E-state index in [1.807, 2.05) is 78.9 Å². The van der Waals surface area contributed by atoms with Crippen LogP contribution in [0.1, 0.15) is 29.8 Å². The molecular weight excluding hydrogens is 723 g/mol. The lowest BCUT2D eigenvalue weighted by atomic mass is 9.80. The van der Waals surface area contributed by atoms with Gasteiger partial charge < -0.3 is 39.0 Å². The van der Waals surface area contributed by atoms with Crippen molar-refractivity contribution < 1.29 is 42.0 Å². The number of carbonyl (C=O) groups excluding carboxylic acids is 1. The van der Waals surface area contributed by atoms with Crippen molar-refractivity contribution in [3.05, 3.63) is 124 Å². The van der Waals surface area contributed by atoms with Crippen molar-refractivity contribution in [2.45, 2.75) is 37.1 Å². The Labute approximate surface area is 312 Å². The lowest BCUT2D eigenvalue weighted by Gasteiger charge is -2.37. The number of pyridine rings is 1. The average Bonchev–Trinajstić information content (AvgIpc) is 3.46. The summed E-state index contributed by atoms with van der Waals surface area (Å²) in [5.74, 6) is 0.767. The minimum atomic E-state index is -3.20. The first-order valence-electron chi connectivity index (χ1n) is 16.9. The Kier molecular flexibility index (Phi) is 11.5. The maximum Gasteiger partial charge on any atom is 0.259 e. The first-order chi connectivity index (χ1) is 25.4. The van der Waals surface area contributed by atoms with Gasteiger partial charge in [-0.15, -0.1) is 0 Å². The van der Waals surface area contributed by atoms with Gasteiger partial charge in [0.25, 0.3) is 10.7 Å². The van der Waals surface area contributed by atoms with Gasteiger partial charge in [-0.2, -0.15) is 0 Å². The van der Waals surface area contributed by atoms with E-state index in [1.165, 1.54) is 29.8 Å². The predicted molar refractivity (Wildman–Crippen MR) is 201 cm³/mol. The van der Waals surface area contributed by atoms with Crippen LogP contribution in [0.2, 0.25) is 0 Å². The second kappa shape index (κ2) is 16.1. The molecule has 1 aromatic heterocycles. The van der Waals surface area contributed by atoms with Crippen molar-refractivity contribution in [2.24, 2.45) is 0 Å². The van der Waals surface area contributed by atoms with Crippen molar-refractivity contribution in [1.82, 2.24) is 9.47 Å². The summed E-state index contributed by atoms with van der Waals surface area (Å²) in [5.41, 5.74) is 0.830. The molecule has 4 atom stereocenters. The number of amides is 1. The van der Waals surface area contributed by atoms with Crippen molar-refractivity contribution >= 4 is 38.8 Å². The number of aromatic nitrogens is 1. The molecule has 0 saturated carbocycles. The number of methoxy groups -OCH3 is 2. The summed E-state index contributed by atoms with van der Waals surface area (Å²) >= 11 is 5.59. The molecule has 2 saturated heterocycles. The summed E-state index contributed by atoms with van der Waals surface area (Å²) in [7, 11) is -0.0271. The van der Waals surface area contributed by atoms with Crippen LogP contribution in [0.5, 0.6) is 11.5 Å². The van der Waals surface area contributed by atoms with E-state index in [9.17, 15) is 23.1 Å². The highest BCUT2D eigenvalue weighted by Gasteiger charge is 2.49. The third-order valence-corrected chi connectivity index (χ3v) is 11.3. The fourth-order valence-electron chi connectivity index (χ4n) is 6.56. The standard InChI is InChI=1S/C38H41N3O10S2/c1-25(42)39-29-17-18-41(33(43)23-29)36-35(51-37(52)40-19-21-53(45,46)22-20-40)34(44)32(50-36)24-49-38(26-7-5-4-6-8-26,27-9-13-30(47-2)14-10-27)28-11-15-31(48-3)16-12-28/h4-18,23,32,34-36,44H,19-22,24H2,1-3H3,(H,39,42)/t32-,34?,35+,36-/m1/s1. The van der Waals surface area contributed by atoms with E-state index >= 15 is 0 Å². The molecule has 15 heteroatoms. The largest absolute Gasteiger partial charge is 0.497 e. The molecule has 0 aliphatic carbocycles. The van der Waals surface area contributed by atoms with E-state index in [-0.39, 0.29) is 48.0 Å². The third kappa shape index (κ3) is 8.24. The molecule has 2 N–H and O–H groups in total. The van der Waals surface area contributed by atoms with E-state index in [0.29, 0.717) is 11.5 Å². The number of thiocarbonyl (C=S) groups is 1. The Morgan fingerprint density at radius 2 is 1.49 bits per heavy atom. The SMILES string of the molecule is COc1ccc(C(OC[C@H]2O[C@@H](n3ccc(NC(C)=O)cc3=O)[C@@H](OC(=S)N3CCS(=O)(=O)CC3)C2O)(c2ccccc2)c2ccc(OC)cc2)cc1. The third-order valence-electron chi connectivity index (χ3n) is 9.33. The number of aliphatic hydroxyl groups is 1. The van der Waals surface area contributed by atoms with E-state index in [1.54, 1.807) is 19.1 Å². The molecule has 13 nitrogen and oxygen atoms in total. The molecule has 3 heterocycles. The van der Waals surface area contributed by atoms with Gasteiger partial charge in [-0.05, 0) is 59.2 Å². The van der Waals surface area contributed by atoms with E-state index < -0.39 is 45.5 Å². The average molecular weight is 764 g/mol. The zero-order valence-corrected chi connectivity index (χ0v) is 31.0. The summed E-state index contributed by atoms with van der Waals surface area (Å²) in [6.45, 7) is 1.39. The molecule has 6 rings (SSSR count). The highest BCUT2D eigenvalue weighted by Crippen LogP contribution is 2.43. The fourth-order valence-corrected chi connectivity index (χ4v) is 8.05. The lowest BCUT2D eigenvalue weighted by molar-refractivity contribution is -0.114. The number of hydrogen-bond donors (Lipinski definition) is 2. The Hall–Kier alpha value is -4.80. The van der Waals surface area contributed by atoms with Crippen LogP contribution in [-0.4, -0.2) is 97.8 Å². The molecule has 3 aromatic carbocycles. The highest BCUT2D eigenvalue weighted by molar-refractivity contribution is 7.91. The summed E-state index contributed by atoms with van der Waals surface area (Å²) in [6.07, 6.45) is -3.36. The van der Waals surface area contributed by atoms with Gasteiger partial charge in [0.05, 0.1) is 32.3 Å². The van der Waals surface area contributed by atoms with Crippen LogP contribution in [0.25, 0.3) is 0 Å². The first-order valence-corrected chi connectivity index (χ1v) is 19.1. The minimum absolute atomic E-state index is 0.0304. The van der Waals surface area contributed by atoms with E-state index in [0.717, 1.165) is 16.7 Å². The summed E-state index contributed by atoms with van der Waals surface area (Å²) in [4.78, 5) is 26.7. The van der Waals surface area contributed by atoms with E-state index in [4.69, 9.17) is 35.9 Å². The van der Waals surface area contributed by atoms with Crippen molar-refractivity contribution in [3.63, 3.8) is 0 Å². The molecule has 4 aromatic rings. The van der Waals surface area contributed by atoms with E-state index in [2.05, 4.69) is 5.32 Å². The first kappa shape index (κ1) is 37.9. The summed E-state index contributed by atoms with van der Waals surface area (Å²) < 4.78 is 55.9. The smallest absolute Gasteiger partial charge is 0.259 e. The Bertz CT molecular complexity index is 2010. The van der Waals surface area contributed by atoms with Gasteiger partial charge in [0, 0.05) is 38.0 Å². The molecule has 1 unspecified atom stereocenters. The molecule has 2 aliphatic rings. The maximum atomic E-state index is 13.4. The predicted octanol–water partition coefficient (Wildman–Crippen LogP) is 3.49. The lowest BCUT2D eigenvalue weighted by Crippen LogP contribution is -2.47. The van der Waals surface area contributed by atoms with Crippen LogP contribution in [0.15, 0.2) is 102 Å². The Balaban J connectivity index is 1.37. The summed E-state index contributed by atoms with van der Waals surface area (Å²) in [6, 6.07) is 27.4. The number of nitrogens with one attached hydrogen (secondary N) is 1. The molecule has 0 radical (unpaired) electrons. The van der Waals surface area contributed by atoms with Crippen LogP contribution in [-0.2, 0) is 34.4 Å². The molecule has 280 valence electrons. The van der Waals surface area contributed by atoms with Crippen LogP contribution < -0.4 is 20.3 Å². The van der Waals surface area contributed by atoms with Crippen LogP contribution in [0, 0.1) is 0 Å². The number of rotatable bonds is 11. The van der Waals surface area contributed by atoms with Crippen molar-refractivity contribution in [3.8, 4) is 11.5 Å². The number of benzene rings is 3. The maximum absolute atomic E-state index is 13.4. The van der Waals surface area contributed by atoms with Gasteiger partial charge in [-0.3, -0.25) is 14.2 Å². The van der Waals surface area contributed by atoms with Gasteiger partial charge in [0.15, 0.2) is 22.2 Å². The number of carbonyl (C=O) groups is 1. The van der Waals surface area contributed by atoms with Gasteiger partial charge in [-0.25, -0.2) is 8.42 Å². The zero-order valence-electron chi connectivity index (χ0n) is 29.4. The molecule has 53 heavy (non-hydrogen) atoms. The normalized spacial score (nSPS) is 21.1. The molecule has 0 bridgehead atoms. The quantitative estimate of drug-likeness (QED) is 0.170. The minimum Gasteiger partial charge on any atom is -0.497 e. The number of nitrogens with zero attached hydrogens (tertiary/aromatic N) is 2. The molecule has 0 spiro atoms. The molecule has 2 aliphatic heterocycles. The zero-order chi connectivity index (χ0) is 37.8. The highest BCUT2D eigenvalue weighted by atomic mass is 32.2. The Morgan fingerprint density at radius 3 is 2.02 bits per heavy atom. The Morgan fingerprint density at radius 1 is 0.925 bits per heavy atom. The monoisotopic (exact) mass is 763 g/mol. The van der Waals surface area contributed by atoms with Crippen molar-refractivity contribution in [2.75, 3.05) is 50.7 Å². The fraction of sp³-hybridized carbons (Fsp3) is 0.342. The molecular formula is C38H41N3O10S2. The molecule has 2 fully saturated rings. The number of sulfone groups is 1. The van der Waals surface area contributed by atoms with Crippen LogP contribution in [0.3, 0.4) is 0 Å². The van der Waals surface area contributed by atoms with Gasteiger partial charge >= 0.3 is 0 Å². The second-order valence-electron chi connectivity index (χ2n) is 12.7. The summed E-state index contributed by atoms with van der Waals surface area (Å²) in [5, 5.41) is 14.5. The van der Waals surface area contributed by atoms with Crippen LogP contribution >= 0.6 is 12.2 Å². The number of anilines is 1. The number of aliphatic hydroxyl groups excluding tert-OH is 1. The van der Waals surface area contributed by atoms with Gasteiger partial charge in [0.2, 0.25) is 5.91 Å². The topological polar surface area (TPSA) is 155 Å². The number of hydrogen-bond acceptors (Lipinski definition) is 11. The van der Waals surface area contributed by atoms with Crippen LogP contribution in [0.4, 0.5) is 5.69 Å². The second-order valence-corrected chi connectivity index (χ2v) is 15.4. The van der Waals surface area contributed by atoms with Gasteiger partial charge in [0.1, 0.15) is 29.3 Å². The van der Waals surface area contributed by atoms with Crippen molar-refractivity contribution in [1.29, 1.82) is 0 Å². The molecule has 1 amide bonds. The van der Waals surface area contributed by atoms with Gasteiger partial charge in [-0.1, -0.05) is 54.6 Å². The number of ether oxygens (including phenoxy) is 5.